The van der Waals surface area contributed by atoms with E-state index in [9.17, 15) is 9.59 Å². The molecule has 0 unspecified atom stereocenters. The van der Waals surface area contributed by atoms with Gasteiger partial charge in [-0.1, -0.05) is 20.8 Å². The minimum absolute atomic E-state index is 0.0280. The third kappa shape index (κ3) is 9.25. The van der Waals surface area contributed by atoms with Crippen LogP contribution in [-0.2, 0) is 19.1 Å². The van der Waals surface area contributed by atoms with Gasteiger partial charge in [-0.15, -0.1) is 0 Å². The van der Waals surface area contributed by atoms with Crippen molar-refractivity contribution in [3.8, 4) is 0 Å². The second kappa shape index (κ2) is 5.73. The van der Waals surface area contributed by atoms with Crippen molar-refractivity contribution in [3.05, 3.63) is 0 Å². The van der Waals surface area contributed by atoms with Crippen LogP contribution in [-0.4, -0.2) is 24.6 Å². The zero-order chi connectivity index (χ0) is 12.1. The fourth-order valence-electron chi connectivity index (χ4n) is 1.26. The van der Waals surface area contributed by atoms with Crippen LogP contribution in [0.25, 0.3) is 0 Å². The Morgan fingerprint density at radius 3 is 2.00 bits per heavy atom. The van der Waals surface area contributed by atoms with E-state index < -0.39 is 0 Å². The summed E-state index contributed by atoms with van der Waals surface area (Å²) < 4.78 is 9.90. The van der Waals surface area contributed by atoms with Crippen LogP contribution in [0.1, 0.15) is 41.0 Å². The van der Waals surface area contributed by atoms with Crippen molar-refractivity contribution in [3.63, 3.8) is 0 Å². The number of esters is 2. The summed E-state index contributed by atoms with van der Waals surface area (Å²) in [6.07, 6.45) is 0.311. The molecule has 0 aliphatic carbocycles. The Balaban J connectivity index is 4.18. The van der Waals surface area contributed by atoms with Gasteiger partial charge in [0.05, 0.1) is 0 Å². The number of ether oxygens (including phenoxy) is 2. The van der Waals surface area contributed by atoms with Gasteiger partial charge < -0.3 is 9.47 Å². The second-order valence-corrected chi connectivity index (χ2v) is 4.80. The summed E-state index contributed by atoms with van der Waals surface area (Å²) in [5.74, 6) is -0.711. The van der Waals surface area contributed by atoms with E-state index in [1.165, 1.54) is 13.8 Å². The molecular formula is C11H20O4. The predicted octanol–water partition coefficient (Wildman–Crippen LogP) is 1.92. The van der Waals surface area contributed by atoms with Crippen LogP contribution in [0.2, 0.25) is 0 Å². The third-order valence-corrected chi connectivity index (χ3v) is 1.65. The summed E-state index contributed by atoms with van der Waals surface area (Å²) in [4.78, 5) is 21.5. The summed E-state index contributed by atoms with van der Waals surface area (Å²) >= 11 is 0. The van der Waals surface area contributed by atoms with Crippen LogP contribution >= 0.6 is 0 Å². The number of hydrogen-bond acceptors (Lipinski definition) is 4. The van der Waals surface area contributed by atoms with Crippen molar-refractivity contribution >= 4 is 11.9 Å². The molecule has 0 aromatic heterocycles. The fraction of sp³-hybridized carbons (Fsp3) is 0.818. The standard InChI is InChI=1S/C11H20O4/c1-8(12)14-7-10(15-9(2)13)6-11(3,4)5/h10H,6-7H2,1-5H3/t10-/m0/s1. The lowest BCUT2D eigenvalue weighted by Crippen LogP contribution is -2.28. The lowest BCUT2D eigenvalue weighted by molar-refractivity contribution is -0.157. The molecule has 0 rings (SSSR count). The molecule has 15 heavy (non-hydrogen) atoms. The summed E-state index contributed by atoms with van der Waals surface area (Å²) in [5.41, 5.74) is 0.0280. The van der Waals surface area contributed by atoms with Crippen molar-refractivity contribution in [2.75, 3.05) is 6.61 Å². The smallest absolute Gasteiger partial charge is 0.303 e. The zero-order valence-electron chi connectivity index (χ0n) is 10.1. The van der Waals surface area contributed by atoms with Crippen molar-refractivity contribution in [2.45, 2.75) is 47.1 Å². The first-order chi connectivity index (χ1) is 6.70. The van der Waals surface area contributed by atoms with Gasteiger partial charge >= 0.3 is 11.9 Å². The maximum atomic E-state index is 10.8. The van der Waals surface area contributed by atoms with Crippen molar-refractivity contribution < 1.29 is 19.1 Å². The molecule has 0 aliphatic rings. The van der Waals surface area contributed by atoms with Gasteiger partial charge in [0.1, 0.15) is 12.7 Å². The minimum atomic E-state index is -0.360. The quantitative estimate of drug-likeness (QED) is 0.674. The number of hydrogen-bond donors (Lipinski definition) is 0. The van der Waals surface area contributed by atoms with Gasteiger partial charge in [0.15, 0.2) is 0 Å². The maximum absolute atomic E-state index is 10.8. The average molecular weight is 216 g/mol. The summed E-state index contributed by atoms with van der Waals surface area (Å²) in [7, 11) is 0. The molecule has 0 spiro atoms. The Hall–Kier alpha value is -1.06. The van der Waals surface area contributed by atoms with Gasteiger partial charge in [0, 0.05) is 13.8 Å². The Morgan fingerprint density at radius 1 is 1.13 bits per heavy atom. The molecule has 0 heterocycles. The van der Waals surface area contributed by atoms with E-state index in [0.29, 0.717) is 6.42 Å². The van der Waals surface area contributed by atoms with E-state index in [1.54, 1.807) is 0 Å². The highest BCUT2D eigenvalue weighted by Gasteiger charge is 2.22. The number of carbonyl (C=O) groups is 2. The molecule has 0 N–H and O–H groups in total. The number of carbonyl (C=O) groups excluding carboxylic acids is 2. The molecule has 0 radical (unpaired) electrons. The Kier molecular flexibility index (Phi) is 5.33. The summed E-state index contributed by atoms with van der Waals surface area (Å²) in [5, 5.41) is 0. The molecule has 4 heteroatoms. The first kappa shape index (κ1) is 13.9. The first-order valence-electron chi connectivity index (χ1n) is 5.01. The fourth-order valence-corrected chi connectivity index (χ4v) is 1.26. The molecule has 4 nitrogen and oxygen atoms in total. The highest BCUT2D eigenvalue weighted by Crippen LogP contribution is 2.22. The minimum Gasteiger partial charge on any atom is -0.462 e. The van der Waals surface area contributed by atoms with Crippen molar-refractivity contribution in [1.29, 1.82) is 0 Å². The Labute approximate surface area is 90.9 Å². The number of rotatable bonds is 4. The van der Waals surface area contributed by atoms with E-state index in [-0.39, 0.29) is 30.1 Å². The molecule has 88 valence electrons. The predicted molar refractivity (Wildman–Crippen MR) is 56.3 cm³/mol. The van der Waals surface area contributed by atoms with E-state index in [0.717, 1.165) is 0 Å². The molecule has 0 saturated heterocycles. The highest BCUT2D eigenvalue weighted by molar-refractivity contribution is 5.67. The van der Waals surface area contributed by atoms with E-state index in [4.69, 9.17) is 9.47 Å². The molecule has 0 bridgehead atoms. The van der Waals surface area contributed by atoms with Crippen LogP contribution < -0.4 is 0 Å². The van der Waals surface area contributed by atoms with Crippen LogP contribution in [0, 0.1) is 5.41 Å². The van der Waals surface area contributed by atoms with E-state index in [2.05, 4.69) is 0 Å². The van der Waals surface area contributed by atoms with E-state index in [1.807, 2.05) is 20.8 Å². The van der Waals surface area contributed by atoms with Crippen molar-refractivity contribution in [2.24, 2.45) is 5.41 Å². The normalized spacial score (nSPS) is 13.1. The molecule has 0 amide bonds. The van der Waals surface area contributed by atoms with Crippen molar-refractivity contribution in [1.82, 2.24) is 0 Å². The molecule has 0 aromatic rings. The van der Waals surface area contributed by atoms with Gasteiger partial charge in [-0.3, -0.25) is 9.59 Å². The van der Waals surface area contributed by atoms with Crippen LogP contribution in [0.5, 0.6) is 0 Å². The molecule has 0 aromatic carbocycles. The highest BCUT2D eigenvalue weighted by atomic mass is 16.6. The van der Waals surface area contributed by atoms with Gasteiger partial charge in [-0.05, 0) is 11.8 Å². The van der Waals surface area contributed by atoms with Gasteiger partial charge in [-0.25, -0.2) is 0 Å². The van der Waals surface area contributed by atoms with E-state index >= 15 is 0 Å². The van der Waals surface area contributed by atoms with Crippen LogP contribution in [0.4, 0.5) is 0 Å². The monoisotopic (exact) mass is 216 g/mol. The van der Waals surface area contributed by atoms with Gasteiger partial charge in [0.2, 0.25) is 0 Å². The van der Waals surface area contributed by atoms with Gasteiger partial charge in [0.25, 0.3) is 0 Å². The largest absolute Gasteiger partial charge is 0.462 e. The molecule has 0 aliphatic heterocycles. The average Bonchev–Trinajstić information content (AvgIpc) is 1.95. The zero-order valence-corrected chi connectivity index (χ0v) is 10.1. The van der Waals surface area contributed by atoms with Crippen LogP contribution in [0.15, 0.2) is 0 Å². The van der Waals surface area contributed by atoms with Gasteiger partial charge in [-0.2, -0.15) is 0 Å². The maximum Gasteiger partial charge on any atom is 0.303 e. The summed E-state index contributed by atoms with van der Waals surface area (Å²) in [6.45, 7) is 8.93. The summed E-state index contributed by atoms with van der Waals surface area (Å²) in [6, 6.07) is 0. The molecule has 0 saturated carbocycles. The lowest BCUT2D eigenvalue weighted by Gasteiger charge is -2.25. The molecule has 1 atom stereocenters. The first-order valence-corrected chi connectivity index (χ1v) is 5.01. The topological polar surface area (TPSA) is 52.6 Å². The Morgan fingerprint density at radius 2 is 1.67 bits per heavy atom. The Bertz CT molecular complexity index is 227. The molecular weight excluding hydrogens is 196 g/mol. The third-order valence-electron chi connectivity index (χ3n) is 1.65. The second-order valence-electron chi connectivity index (χ2n) is 4.80. The molecule has 0 fully saturated rings. The lowest BCUT2D eigenvalue weighted by atomic mass is 9.89. The van der Waals surface area contributed by atoms with Crippen LogP contribution in [0.3, 0.4) is 0 Å². The SMILES string of the molecule is CC(=O)OC[C@H](CC(C)(C)C)OC(C)=O.